The molecule has 0 aromatic carbocycles. The van der Waals surface area contributed by atoms with Crippen molar-refractivity contribution in [2.45, 2.75) is 51.0 Å². The molecule has 0 aliphatic carbocycles. The third-order valence-corrected chi connectivity index (χ3v) is 4.65. The maximum atomic E-state index is 12.1. The molecule has 2 heterocycles. The molecule has 2 aliphatic rings. The van der Waals surface area contributed by atoms with E-state index in [2.05, 4.69) is 4.90 Å². The lowest BCUT2D eigenvalue weighted by atomic mass is 9.85. The average Bonchev–Trinajstić information content (AvgIpc) is 2.98. The molecule has 0 saturated carbocycles. The van der Waals surface area contributed by atoms with E-state index in [4.69, 9.17) is 4.74 Å². The first-order valence-corrected chi connectivity index (χ1v) is 7.47. The van der Waals surface area contributed by atoms with E-state index in [1.165, 1.54) is 6.92 Å². The molecule has 0 aromatic heterocycles. The number of hydrogen-bond acceptors (Lipinski definition) is 6. The Balaban J connectivity index is 1.98. The topological polar surface area (TPSA) is 90.2 Å². The van der Waals surface area contributed by atoms with Crippen molar-refractivity contribution in [3.63, 3.8) is 0 Å². The van der Waals surface area contributed by atoms with Crippen LogP contribution in [0.4, 0.5) is 0 Å². The van der Waals surface area contributed by atoms with Crippen LogP contribution in [-0.2, 0) is 9.53 Å². The minimum absolute atomic E-state index is 0.0405. The van der Waals surface area contributed by atoms with E-state index >= 15 is 0 Å². The molecule has 0 spiro atoms. The summed E-state index contributed by atoms with van der Waals surface area (Å²) in [4.78, 5) is 14.3. The van der Waals surface area contributed by atoms with E-state index in [9.17, 15) is 20.1 Å². The third-order valence-electron chi connectivity index (χ3n) is 4.65. The lowest BCUT2D eigenvalue weighted by Crippen LogP contribution is -2.53. The quantitative estimate of drug-likeness (QED) is 0.476. The Kier molecular flexibility index (Phi) is 4.72. The van der Waals surface area contributed by atoms with E-state index in [1.807, 2.05) is 6.08 Å². The van der Waals surface area contributed by atoms with Gasteiger partial charge in [-0.3, -0.25) is 4.90 Å². The summed E-state index contributed by atoms with van der Waals surface area (Å²) in [5.74, 6) is -1.28. The number of nitrogens with zero attached hydrogens (tertiary/aromatic N) is 1. The Hall–Kier alpha value is -0.950. The monoisotopic (exact) mass is 299 g/mol. The maximum absolute atomic E-state index is 12.1. The highest BCUT2D eigenvalue weighted by atomic mass is 16.6. The van der Waals surface area contributed by atoms with Crippen molar-refractivity contribution in [2.24, 2.45) is 5.92 Å². The molecule has 3 N–H and O–H groups in total. The van der Waals surface area contributed by atoms with Gasteiger partial charge in [-0.05, 0) is 24.8 Å². The molecule has 1 saturated heterocycles. The van der Waals surface area contributed by atoms with Gasteiger partial charge in [0, 0.05) is 13.1 Å². The molecular weight excluding hydrogens is 274 g/mol. The van der Waals surface area contributed by atoms with Gasteiger partial charge in [0.1, 0.15) is 6.61 Å². The van der Waals surface area contributed by atoms with Gasteiger partial charge in [0.2, 0.25) is 0 Å². The van der Waals surface area contributed by atoms with Crippen molar-refractivity contribution in [2.75, 3.05) is 19.7 Å². The van der Waals surface area contributed by atoms with Gasteiger partial charge in [-0.15, -0.1) is 0 Å². The van der Waals surface area contributed by atoms with Crippen molar-refractivity contribution < 1.29 is 24.9 Å². The van der Waals surface area contributed by atoms with E-state index in [1.54, 1.807) is 13.8 Å². The summed E-state index contributed by atoms with van der Waals surface area (Å²) in [6.45, 7) is 6.32. The van der Waals surface area contributed by atoms with Crippen molar-refractivity contribution in [3.8, 4) is 0 Å². The van der Waals surface area contributed by atoms with Crippen molar-refractivity contribution in [3.05, 3.63) is 11.6 Å². The summed E-state index contributed by atoms with van der Waals surface area (Å²) in [5.41, 5.74) is -1.04. The fourth-order valence-electron chi connectivity index (χ4n) is 3.18. The summed E-state index contributed by atoms with van der Waals surface area (Å²) in [6.07, 6.45) is 1.03. The molecule has 2 rings (SSSR count). The number of carbonyl (C=O) groups is 1. The highest BCUT2D eigenvalue weighted by Gasteiger charge is 2.46. The first-order valence-electron chi connectivity index (χ1n) is 7.47. The van der Waals surface area contributed by atoms with Crippen LogP contribution in [0.2, 0.25) is 0 Å². The Bertz CT molecular complexity index is 424. The molecule has 2 aliphatic heterocycles. The molecule has 0 aromatic rings. The molecule has 4 atom stereocenters. The molecule has 4 unspecified atom stereocenters. The molecular formula is C15H25NO5. The zero-order valence-corrected chi connectivity index (χ0v) is 12.8. The van der Waals surface area contributed by atoms with Gasteiger partial charge < -0.3 is 20.1 Å². The standard InChI is InChI=1S/C15H25NO5/c1-9(2)15(20,10(3)17)14(19)21-8-11-4-6-16-7-5-12(18)13(11)16/h4,9-10,12-13,17-18,20H,5-8H2,1-3H3. The van der Waals surface area contributed by atoms with Crippen molar-refractivity contribution in [1.82, 2.24) is 4.90 Å². The number of rotatable bonds is 5. The fourth-order valence-corrected chi connectivity index (χ4v) is 3.18. The van der Waals surface area contributed by atoms with Crippen LogP contribution in [0, 0.1) is 5.92 Å². The third kappa shape index (κ3) is 2.85. The lowest BCUT2D eigenvalue weighted by molar-refractivity contribution is -0.183. The summed E-state index contributed by atoms with van der Waals surface area (Å²) in [6, 6.07) is -0.0866. The molecule has 120 valence electrons. The Morgan fingerprint density at radius 2 is 2.19 bits per heavy atom. The zero-order chi connectivity index (χ0) is 15.8. The summed E-state index contributed by atoms with van der Waals surface area (Å²) in [7, 11) is 0. The zero-order valence-electron chi connectivity index (χ0n) is 12.8. The predicted octanol–water partition coefficient (Wildman–Crippen LogP) is -0.327. The van der Waals surface area contributed by atoms with Gasteiger partial charge >= 0.3 is 5.97 Å². The van der Waals surface area contributed by atoms with Crippen molar-refractivity contribution >= 4 is 5.97 Å². The number of ether oxygens (including phenoxy) is 1. The minimum Gasteiger partial charge on any atom is -0.459 e. The first-order chi connectivity index (χ1) is 9.78. The second kappa shape index (κ2) is 6.04. The van der Waals surface area contributed by atoms with Crippen LogP contribution in [0.3, 0.4) is 0 Å². The number of fused-ring (bicyclic) bond motifs is 1. The molecule has 21 heavy (non-hydrogen) atoms. The van der Waals surface area contributed by atoms with Gasteiger partial charge in [0.15, 0.2) is 5.60 Å². The molecule has 0 radical (unpaired) electrons. The summed E-state index contributed by atoms with van der Waals surface area (Å²) >= 11 is 0. The molecule has 6 nitrogen and oxygen atoms in total. The second-order valence-electron chi connectivity index (χ2n) is 6.31. The number of hydrogen-bond donors (Lipinski definition) is 3. The molecule has 6 heteroatoms. The molecule has 0 amide bonds. The van der Waals surface area contributed by atoms with Gasteiger partial charge in [-0.25, -0.2) is 4.79 Å². The van der Waals surface area contributed by atoms with E-state index in [0.717, 1.165) is 25.1 Å². The number of carbonyl (C=O) groups excluding carboxylic acids is 1. The number of esters is 1. The van der Waals surface area contributed by atoms with Crippen LogP contribution in [0.5, 0.6) is 0 Å². The Labute approximate surface area is 125 Å². The van der Waals surface area contributed by atoms with Gasteiger partial charge in [0.05, 0.1) is 18.2 Å². The average molecular weight is 299 g/mol. The van der Waals surface area contributed by atoms with Gasteiger partial charge in [-0.1, -0.05) is 19.9 Å². The van der Waals surface area contributed by atoms with Gasteiger partial charge in [-0.2, -0.15) is 0 Å². The van der Waals surface area contributed by atoms with E-state index < -0.39 is 29.7 Å². The number of aliphatic hydroxyl groups excluding tert-OH is 2. The normalized spacial score (nSPS) is 30.0. The van der Waals surface area contributed by atoms with Crippen LogP contribution in [-0.4, -0.2) is 69.7 Å². The highest BCUT2D eigenvalue weighted by molar-refractivity contribution is 5.80. The van der Waals surface area contributed by atoms with E-state index in [-0.39, 0.29) is 12.6 Å². The highest BCUT2D eigenvalue weighted by Crippen LogP contribution is 2.30. The maximum Gasteiger partial charge on any atom is 0.341 e. The smallest absolute Gasteiger partial charge is 0.341 e. The summed E-state index contributed by atoms with van der Waals surface area (Å²) in [5, 5.41) is 30.0. The SMILES string of the molecule is CC(C)C(O)(C(=O)OCC1=CCN2CCC(O)C12)C(C)O. The van der Waals surface area contributed by atoms with Crippen LogP contribution < -0.4 is 0 Å². The Morgan fingerprint density at radius 3 is 2.76 bits per heavy atom. The first kappa shape index (κ1) is 16.4. The van der Waals surface area contributed by atoms with Crippen LogP contribution in [0.15, 0.2) is 11.6 Å². The van der Waals surface area contributed by atoms with E-state index in [0.29, 0.717) is 0 Å². The summed E-state index contributed by atoms with van der Waals surface area (Å²) < 4.78 is 5.22. The molecule has 0 bridgehead atoms. The van der Waals surface area contributed by atoms with Gasteiger partial charge in [0.25, 0.3) is 0 Å². The Morgan fingerprint density at radius 1 is 1.52 bits per heavy atom. The lowest BCUT2D eigenvalue weighted by Gasteiger charge is -2.32. The second-order valence-corrected chi connectivity index (χ2v) is 6.31. The predicted molar refractivity (Wildman–Crippen MR) is 76.5 cm³/mol. The number of aliphatic hydroxyl groups is 3. The minimum atomic E-state index is -1.91. The molecule has 1 fully saturated rings. The van der Waals surface area contributed by atoms with Crippen LogP contribution in [0.25, 0.3) is 0 Å². The largest absolute Gasteiger partial charge is 0.459 e. The fraction of sp³-hybridized carbons (Fsp3) is 0.800. The van der Waals surface area contributed by atoms with Crippen LogP contribution in [0.1, 0.15) is 27.2 Å². The van der Waals surface area contributed by atoms with Crippen LogP contribution >= 0.6 is 0 Å². The van der Waals surface area contributed by atoms with Crippen molar-refractivity contribution in [1.29, 1.82) is 0 Å².